The summed E-state index contributed by atoms with van der Waals surface area (Å²) in [5.74, 6) is 0.647. The van der Waals surface area contributed by atoms with Gasteiger partial charge in [0, 0.05) is 20.8 Å². The van der Waals surface area contributed by atoms with Crippen molar-refractivity contribution < 1.29 is 14.2 Å². The van der Waals surface area contributed by atoms with Crippen LogP contribution >= 0.6 is 0 Å². The van der Waals surface area contributed by atoms with E-state index in [2.05, 4.69) is 5.10 Å². The number of hydrogen-bond acceptors (Lipinski definition) is 5. The van der Waals surface area contributed by atoms with Gasteiger partial charge in [-0.2, -0.15) is 5.10 Å². The summed E-state index contributed by atoms with van der Waals surface area (Å²) in [6, 6.07) is -0.438. The molecule has 0 aliphatic heterocycles. The van der Waals surface area contributed by atoms with Crippen molar-refractivity contribution in [1.29, 1.82) is 0 Å². The molecule has 1 rings (SSSR count). The molecule has 0 aliphatic rings. The summed E-state index contributed by atoms with van der Waals surface area (Å²) >= 11 is 0. The van der Waals surface area contributed by atoms with Crippen molar-refractivity contribution in [2.24, 2.45) is 5.73 Å². The van der Waals surface area contributed by atoms with E-state index in [0.717, 1.165) is 5.69 Å². The second-order valence-corrected chi connectivity index (χ2v) is 3.28. The van der Waals surface area contributed by atoms with Gasteiger partial charge < -0.3 is 19.9 Å². The van der Waals surface area contributed by atoms with Crippen LogP contribution in [0.1, 0.15) is 18.7 Å². The average molecular weight is 229 g/mol. The fraction of sp³-hybridized carbons (Fsp3) is 0.700. The van der Waals surface area contributed by atoms with Gasteiger partial charge in [0.15, 0.2) is 12.0 Å². The molecular weight excluding hydrogens is 210 g/mol. The lowest BCUT2D eigenvalue weighted by Gasteiger charge is -2.22. The lowest BCUT2D eigenvalue weighted by atomic mass is 10.2. The Kier molecular flexibility index (Phi) is 4.72. The Hall–Kier alpha value is -1.11. The fourth-order valence-electron chi connectivity index (χ4n) is 1.64. The monoisotopic (exact) mass is 229 g/mol. The molecule has 2 N–H and O–H groups in total. The Labute approximate surface area is 95.3 Å². The minimum Gasteiger partial charge on any atom is -0.493 e. The van der Waals surface area contributed by atoms with Crippen molar-refractivity contribution in [3.8, 4) is 5.75 Å². The summed E-state index contributed by atoms with van der Waals surface area (Å²) in [5, 5.41) is 4.18. The van der Waals surface area contributed by atoms with Crippen LogP contribution in [0.25, 0.3) is 0 Å². The van der Waals surface area contributed by atoms with Crippen LogP contribution in [0.15, 0.2) is 6.20 Å². The molecule has 0 fully saturated rings. The number of aromatic nitrogens is 2. The number of ether oxygens (including phenoxy) is 3. The number of hydrogen-bond donors (Lipinski definition) is 1. The molecule has 0 spiro atoms. The Balaban J connectivity index is 3.03. The molecule has 0 amide bonds. The number of aryl methyl sites for hydroxylation is 1. The van der Waals surface area contributed by atoms with Crippen LogP contribution in [0.5, 0.6) is 5.75 Å². The molecule has 1 aromatic heterocycles. The summed E-state index contributed by atoms with van der Waals surface area (Å²) in [6.07, 6.45) is 1.12. The van der Waals surface area contributed by atoms with Crippen LogP contribution in [0.4, 0.5) is 0 Å². The number of nitrogens with zero attached hydrogens (tertiary/aromatic N) is 2. The molecule has 0 aliphatic carbocycles. The summed E-state index contributed by atoms with van der Waals surface area (Å²) in [5.41, 5.74) is 6.84. The molecule has 1 atom stereocenters. The molecule has 16 heavy (non-hydrogen) atoms. The molecule has 6 heteroatoms. The van der Waals surface area contributed by atoms with Gasteiger partial charge in [0.05, 0.1) is 13.3 Å². The summed E-state index contributed by atoms with van der Waals surface area (Å²) in [7, 11) is 4.68. The second kappa shape index (κ2) is 5.83. The van der Waals surface area contributed by atoms with Crippen molar-refractivity contribution >= 4 is 0 Å². The van der Waals surface area contributed by atoms with Crippen LogP contribution in [0.2, 0.25) is 0 Å². The molecular formula is C10H19N3O3. The van der Waals surface area contributed by atoms with Crippen LogP contribution in [0.3, 0.4) is 0 Å². The zero-order valence-electron chi connectivity index (χ0n) is 10.1. The molecule has 6 nitrogen and oxygen atoms in total. The van der Waals surface area contributed by atoms with Gasteiger partial charge in [-0.15, -0.1) is 0 Å². The third-order valence-electron chi connectivity index (χ3n) is 2.44. The molecule has 1 aromatic rings. The van der Waals surface area contributed by atoms with Gasteiger partial charge >= 0.3 is 0 Å². The van der Waals surface area contributed by atoms with Crippen molar-refractivity contribution in [3.63, 3.8) is 0 Å². The number of nitrogens with two attached hydrogens (primary N) is 1. The van der Waals surface area contributed by atoms with E-state index in [1.807, 2.05) is 6.92 Å². The standard InChI is InChI=1S/C10H19N3O3/c1-5-13-9(7(14-2)6-12-13)8(11)10(15-3)16-4/h6,8,10H,5,11H2,1-4H3. The first-order valence-corrected chi connectivity index (χ1v) is 5.10. The minimum absolute atomic E-state index is 0.438. The molecule has 0 radical (unpaired) electrons. The Morgan fingerprint density at radius 1 is 1.38 bits per heavy atom. The van der Waals surface area contributed by atoms with E-state index in [1.54, 1.807) is 32.2 Å². The maximum atomic E-state index is 6.07. The second-order valence-electron chi connectivity index (χ2n) is 3.28. The first-order valence-electron chi connectivity index (χ1n) is 5.10. The lowest BCUT2D eigenvalue weighted by molar-refractivity contribution is -0.118. The van der Waals surface area contributed by atoms with Gasteiger partial charge in [-0.1, -0.05) is 0 Å². The molecule has 1 heterocycles. The minimum atomic E-state index is -0.518. The van der Waals surface area contributed by atoms with Crippen molar-refractivity contribution in [1.82, 2.24) is 9.78 Å². The first-order chi connectivity index (χ1) is 7.69. The van der Waals surface area contributed by atoms with Crippen molar-refractivity contribution in [2.45, 2.75) is 25.8 Å². The normalized spacial score (nSPS) is 13.1. The van der Waals surface area contributed by atoms with Crippen LogP contribution in [0, 0.1) is 0 Å². The third kappa shape index (κ3) is 2.34. The van der Waals surface area contributed by atoms with Gasteiger partial charge in [0.2, 0.25) is 0 Å². The van der Waals surface area contributed by atoms with Crippen molar-refractivity contribution in [3.05, 3.63) is 11.9 Å². The summed E-state index contributed by atoms with van der Waals surface area (Å²) in [4.78, 5) is 0. The predicted octanol–water partition coefficient (Wildman–Crippen LogP) is 0.530. The van der Waals surface area contributed by atoms with Crippen LogP contribution < -0.4 is 10.5 Å². The molecule has 0 bridgehead atoms. The number of rotatable bonds is 6. The first kappa shape index (κ1) is 13.0. The van der Waals surface area contributed by atoms with E-state index in [9.17, 15) is 0 Å². The molecule has 1 unspecified atom stereocenters. The summed E-state index contributed by atoms with van der Waals surface area (Å²) in [6.45, 7) is 2.70. The van der Waals surface area contributed by atoms with E-state index < -0.39 is 12.3 Å². The fourth-order valence-corrected chi connectivity index (χ4v) is 1.64. The maximum absolute atomic E-state index is 6.07. The quantitative estimate of drug-likeness (QED) is 0.720. The third-order valence-corrected chi connectivity index (χ3v) is 2.44. The van der Waals surface area contributed by atoms with Crippen LogP contribution in [-0.2, 0) is 16.0 Å². The Morgan fingerprint density at radius 2 is 2.00 bits per heavy atom. The van der Waals surface area contributed by atoms with Crippen molar-refractivity contribution in [2.75, 3.05) is 21.3 Å². The zero-order chi connectivity index (χ0) is 12.1. The van der Waals surface area contributed by atoms with Crippen LogP contribution in [-0.4, -0.2) is 37.4 Å². The van der Waals surface area contributed by atoms with Gasteiger partial charge in [0.25, 0.3) is 0 Å². The zero-order valence-corrected chi connectivity index (χ0v) is 10.1. The summed E-state index contributed by atoms with van der Waals surface area (Å²) < 4.78 is 17.3. The highest BCUT2D eigenvalue weighted by molar-refractivity contribution is 5.28. The molecule has 0 aromatic carbocycles. The van der Waals surface area contributed by atoms with E-state index in [0.29, 0.717) is 12.3 Å². The van der Waals surface area contributed by atoms with Gasteiger partial charge in [-0.05, 0) is 6.92 Å². The highest BCUT2D eigenvalue weighted by Crippen LogP contribution is 2.26. The van der Waals surface area contributed by atoms with E-state index in [1.165, 1.54) is 0 Å². The largest absolute Gasteiger partial charge is 0.493 e. The highest BCUT2D eigenvalue weighted by Gasteiger charge is 2.26. The topological polar surface area (TPSA) is 71.5 Å². The van der Waals surface area contributed by atoms with E-state index in [4.69, 9.17) is 19.9 Å². The maximum Gasteiger partial charge on any atom is 0.177 e. The average Bonchev–Trinajstić information content (AvgIpc) is 2.72. The predicted molar refractivity (Wildman–Crippen MR) is 59.2 cm³/mol. The highest BCUT2D eigenvalue weighted by atomic mass is 16.7. The van der Waals surface area contributed by atoms with Gasteiger partial charge in [0.1, 0.15) is 11.7 Å². The Morgan fingerprint density at radius 3 is 2.44 bits per heavy atom. The number of methoxy groups -OCH3 is 3. The van der Waals surface area contributed by atoms with E-state index in [-0.39, 0.29) is 0 Å². The lowest BCUT2D eigenvalue weighted by Crippen LogP contribution is -2.31. The molecule has 92 valence electrons. The van der Waals surface area contributed by atoms with Gasteiger partial charge in [-0.25, -0.2) is 0 Å². The SMILES string of the molecule is CCn1ncc(OC)c1C(N)C(OC)OC. The molecule has 0 saturated heterocycles. The molecule has 0 saturated carbocycles. The van der Waals surface area contributed by atoms with Gasteiger partial charge in [-0.3, -0.25) is 4.68 Å². The van der Waals surface area contributed by atoms with E-state index >= 15 is 0 Å². The smallest absolute Gasteiger partial charge is 0.177 e. The Bertz CT molecular complexity index is 302.